The molecule has 9 heteroatoms. The number of fused-ring (bicyclic) bond motifs is 1. The van der Waals surface area contributed by atoms with Crippen LogP contribution in [0.5, 0.6) is 11.5 Å². The van der Waals surface area contributed by atoms with Gasteiger partial charge in [-0.15, -0.1) is 13.2 Å². The summed E-state index contributed by atoms with van der Waals surface area (Å²) < 4.78 is 46.0. The monoisotopic (exact) mass is 408 g/mol. The highest BCUT2D eigenvalue weighted by molar-refractivity contribution is 5.86. The van der Waals surface area contributed by atoms with E-state index >= 15 is 0 Å². The van der Waals surface area contributed by atoms with E-state index in [1.807, 2.05) is 26.0 Å². The number of anilines is 1. The summed E-state index contributed by atoms with van der Waals surface area (Å²) in [5.74, 6) is 0.434. The minimum atomic E-state index is -4.78. The summed E-state index contributed by atoms with van der Waals surface area (Å²) in [5.41, 5.74) is 1.83. The van der Waals surface area contributed by atoms with Gasteiger partial charge >= 0.3 is 12.5 Å². The summed E-state index contributed by atoms with van der Waals surface area (Å²) in [5, 5.41) is 5.98. The average molecular weight is 408 g/mol. The maximum absolute atomic E-state index is 12.1. The number of benzene rings is 2. The zero-order valence-corrected chi connectivity index (χ0v) is 15.7. The number of carbonyl (C=O) groups is 1. The van der Waals surface area contributed by atoms with Gasteiger partial charge in [-0.1, -0.05) is 5.16 Å². The molecule has 0 saturated carbocycles. The molecule has 6 nitrogen and oxygen atoms in total. The van der Waals surface area contributed by atoms with Crippen molar-refractivity contribution in [1.82, 2.24) is 0 Å². The lowest BCUT2D eigenvalue weighted by Gasteiger charge is -2.32. The van der Waals surface area contributed by atoms with E-state index in [0.29, 0.717) is 0 Å². The number of halogens is 3. The first-order valence-corrected chi connectivity index (χ1v) is 8.79. The van der Waals surface area contributed by atoms with Crippen molar-refractivity contribution in [2.45, 2.75) is 38.7 Å². The number of oxime groups is 1. The fraction of sp³-hybridized carbons (Fsp3) is 0.300. The maximum atomic E-state index is 12.1. The minimum absolute atomic E-state index is 0.194. The highest BCUT2D eigenvalue weighted by Crippen LogP contribution is 2.33. The van der Waals surface area contributed by atoms with Gasteiger partial charge in [-0.2, -0.15) is 0 Å². The molecule has 0 bridgehead atoms. The van der Waals surface area contributed by atoms with Crippen LogP contribution in [-0.2, 0) is 11.3 Å². The fourth-order valence-electron chi connectivity index (χ4n) is 2.77. The molecule has 2 aromatic rings. The van der Waals surface area contributed by atoms with Crippen LogP contribution in [0.25, 0.3) is 0 Å². The minimum Gasteiger partial charge on any atom is -0.488 e. The molecular weight excluding hydrogens is 389 g/mol. The van der Waals surface area contributed by atoms with Crippen molar-refractivity contribution < 1.29 is 32.3 Å². The largest absolute Gasteiger partial charge is 0.573 e. The van der Waals surface area contributed by atoms with Crippen LogP contribution < -0.4 is 14.8 Å². The lowest BCUT2D eigenvalue weighted by molar-refractivity contribution is -0.274. The average Bonchev–Trinajstić information content (AvgIpc) is 2.62. The number of hydrogen-bond donors (Lipinski definition) is 1. The Hall–Kier alpha value is -3.23. The van der Waals surface area contributed by atoms with Crippen LogP contribution in [-0.4, -0.2) is 24.3 Å². The van der Waals surface area contributed by atoms with Crippen LogP contribution in [0.4, 0.5) is 23.7 Å². The Balaban J connectivity index is 1.52. The second-order valence-corrected chi connectivity index (χ2v) is 7.04. The normalized spacial score (nSPS) is 15.3. The number of carbonyl (C=O) groups excluding carboxylic acids is 1. The molecule has 1 aliphatic heterocycles. The zero-order chi connectivity index (χ0) is 21.1. The third-order valence-corrected chi connectivity index (χ3v) is 4.14. The van der Waals surface area contributed by atoms with Crippen LogP contribution in [0.15, 0.2) is 47.6 Å². The molecule has 1 amide bonds. The standard InChI is InChI=1S/C20H19F3N2O4/c1-19(2)10-9-14-11-13(3-8-17(14)28-19)12-24-29-18(26)25-15-4-6-16(7-5-15)27-20(21,22)23/h3-8,11-12H,9-10H2,1-2H3,(H,25,26). The molecule has 3 rings (SSSR count). The molecular formula is C20H19F3N2O4. The number of amides is 1. The van der Waals surface area contributed by atoms with Gasteiger partial charge in [-0.25, -0.2) is 4.79 Å². The summed E-state index contributed by atoms with van der Waals surface area (Å²) in [6.07, 6.45) is -2.50. The van der Waals surface area contributed by atoms with Gasteiger partial charge in [0.05, 0.1) is 6.21 Å². The van der Waals surface area contributed by atoms with Crippen molar-refractivity contribution in [1.29, 1.82) is 0 Å². The molecule has 1 aliphatic rings. The molecule has 0 unspecified atom stereocenters. The van der Waals surface area contributed by atoms with E-state index in [4.69, 9.17) is 9.57 Å². The number of nitrogens with one attached hydrogen (secondary N) is 1. The lowest BCUT2D eigenvalue weighted by Crippen LogP contribution is -2.32. The highest BCUT2D eigenvalue weighted by atomic mass is 19.4. The molecule has 0 spiro atoms. The van der Waals surface area contributed by atoms with Gasteiger partial charge in [0.15, 0.2) is 0 Å². The van der Waals surface area contributed by atoms with E-state index in [0.717, 1.165) is 41.9 Å². The van der Waals surface area contributed by atoms with Crippen LogP contribution in [0, 0.1) is 0 Å². The number of hydrogen-bond acceptors (Lipinski definition) is 5. The molecule has 154 valence electrons. The fourth-order valence-corrected chi connectivity index (χ4v) is 2.77. The van der Waals surface area contributed by atoms with E-state index in [1.165, 1.54) is 18.3 Å². The first-order chi connectivity index (χ1) is 13.6. The third-order valence-electron chi connectivity index (χ3n) is 4.14. The smallest absolute Gasteiger partial charge is 0.488 e. The van der Waals surface area contributed by atoms with Crippen LogP contribution in [0.1, 0.15) is 31.4 Å². The number of ether oxygens (including phenoxy) is 2. The van der Waals surface area contributed by atoms with Crippen LogP contribution in [0.2, 0.25) is 0 Å². The molecule has 0 radical (unpaired) electrons. The quantitative estimate of drug-likeness (QED) is 0.425. The number of rotatable bonds is 4. The second kappa shape index (κ2) is 8.02. The Morgan fingerprint density at radius 1 is 1.21 bits per heavy atom. The van der Waals surface area contributed by atoms with Crippen molar-refractivity contribution in [2.24, 2.45) is 5.16 Å². The molecule has 0 aliphatic carbocycles. The zero-order valence-electron chi connectivity index (χ0n) is 15.7. The van der Waals surface area contributed by atoms with E-state index in [9.17, 15) is 18.0 Å². The number of aryl methyl sites for hydroxylation is 1. The Kier molecular flexibility index (Phi) is 5.67. The Morgan fingerprint density at radius 3 is 2.62 bits per heavy atom. The van der Waals surface area contributed by atoms with Crippen LogP contribution in [0.3, 0.4) is 0 Å². The molecule has 0 aromatic heterocycles. The summed E-state index contributed by atoms with van der Waals surface area (Å²) in [7, 11) is 0. The molecule has 0 fully saturated rings. The molecule has 0 saturated heterocycles. The third kappa shape index (κ3) is 6.13. The van der Waals surface area contributed by atoms with Crippen molar-refractivity contribution in [3.63, 3.8) is 0 Å². The Morgan fingerprint density at radius 2 is 1.93 bits per heavy atom. The molecule has 0 atom stereocenters. The lowest BCUT2D eigenvalue weighted by atomic mass is 9.93. The van der Waals surface area contributed by atoms with Gasteiger partial charge in [-0.3, -0.25) is 10.2 Å². The highest BCUT2D eigenvalue weighted by Gasteiger charge is 2.31. The van der Waals surface area contributed by atoms with Gasteiger partial charge in [0.1, 0.15) is 17.1 Å². The predicted octanol–water partition coefficient (Wildman–Crippen LogP) is 5.27. The molecule has 1 N–H and O–H groups in total. The summed E-state index contributed by atoms with van der Waals surface area (Å²) in [4.78, 5) is 16.5. The Labute approximate surface area is 165 Å². The van der Waals surface area contributed by atoms with Crippen molar-refractivity contribution in [3.05, 3.63) is 53.6 Å². The van der Waals surface area contributed by atoms with Gasteiger partial charge in [0.25, 0.3) is 0 Å². The van der Waals surface area contributed by atoms with E-state index in [2.05, 4.69) is 15.2 Å². The summed E-state index contributed by atoms with van der Waals surface area (Å²) in [6.45, 7) is 4.07. The number of alkyl halides is 3. The topological polar surface area (TPSA) is 69.2 Å². The predicted molar refractivity (Wildman–Crippen MR) is 100 cm³/mol. The van der Waals surface area contributed by atoms with Gasteiger partial charge in [0.2, 0.25) is 0 Å². The van der Waals surface area contributed by atoms with Crippen molar-refractivity contribution in [3.8, 4) is 11.5 Å². The van der Waals surface area contributed by atoms with E-state index < -0.39 is 18.2 Å². The Bertz CT molecular complexity index is 909. The van der Waals surface area contributed by atoms with E-state index in [1.54, 1.807) is 6.07 Å². The van der Waals surface area contributed by atoms with Gasteiger partial charge < -0.3 is 9.47 Å². The second-order valence-electron chi connectivity index (χ2n) is 7.04. The van der Waals surface area contributed by atoms with Crippen molar-refractivity contribution >= 4 is 18.0 Å². The maximum Gasteiger partial charge on any atom is 0.573 e. The van der Waals surface area contributed by atoms with Crippen molar-refractivity contribution in [2.75, 3.05) is 5.32 Å². The summed E-state index contributed by atoms with van der Waals surface area (Å²) in [6, 6.07) is 10.2. The SMILES string of the molecule is CC1(C)CCc2cc(C=NOC(=O)Nc3ccc(OC(F)(F)F)cc3)ccc2O1. The van der Waals surface area contributed by atoms with Gasteiger partial charge in [-0.05, 0) is 80.3 Å². The first kappa shape index (κ1) is 20.5. The van der Waals surface area contributed by atoms with Gasteiger partial charge in [0, 0.05) is 5.69 Å². The summed E-state index contributed by atoms with van der Waals surface area (Å²) >= 11 is 0. The first-order valence-electron chi connectivity index (χ1n) is 8.79. The van der Waals surface area contributed by atoms with E-state index in [-0.39, 0.29) is 11.3 Å². The molecule has 29 heavy (non-hydrogen) atoms. The molecule has 2 aromatic carbocycles. The number of nitrogens with zero attached hydrogens (tertiary/aromatic N) is 1. The molecule has 1 heterocycles. The van der Waals surface area contributed by atoms with Crippen LogP contribution >= 0.6 is 0 Å².